The number of rotatable bonds is 4. The molecular formula is C17H16ClN3O3S. The van der Waals surface area contributed by atoms with Gasteiger partial charge in [-0.3, -0.25) is 4.79 Å². The van der Waals surface area contributed by atoms with E-state index in [0.717, 1.165) is 15.2 Å². The number of hydrogen-bond donors (Lipinski definition) is 0. The van der Waals surface area contributed by atoms with Gasteiger partial charge in [-0.2, -0.15) is 0 Å². The molecule has 2 aromatic heterocycles. The molecule has 0 bridgehead atoms. The minimum Gasteiger partial charge on any atom is -0.310 e. The molecule has 2 heterocycles. The summed E-state index contributed by atoms with van der Waals surface area (Å²) in [4.78, 5) is 16.5. The number of nitrogens with zero attached hydrogens (tertiary/aromatic N) is 3. The fraction of sp³-hybridized carbons (Fsp3) is 0.176. The molecule has 0 saturated carbocycles. The lowest BCUT2D eigenvalue weighted by Crippen LogP contribution is -2.26. The van der Waals surface area contributed by atoms with Crippen molar-refractivity contribution in [2.45, 2.75) is 11.4 Å². The number of pyridine rings is 2. The Kier molecular flexibility index (Phi) is 4.64. The summed E-state index contributed by atoms with van der Waals surface area (Å²) in [5.74, 6) is 0. The van der Waals surface area contributed by atoms with Crippen molar-refractivity contribution in [2.24, 2.45) is 0 Å². The number of aromatic nitrogens is 2. The van der Waals surface area contributed by atoms with E-state index in [9.17, 15) is 13.2 Å². The van der Waals surface area contributed by atoms with Crippen molar-refractivity contribution >= 4 is 32.5 Å². The summed E-state index contributed by atoms with van der Waals surface area (Å²) in [6.07, 6.45) is 1.32. The zero-order valence-electron chi connectivity index (χ0n) is 13.7. The fourth-order valence-corrected chi connectivity index (χ4v) is 3.55. The Balaban J connectivity index is 2.07. The molecule has 130 valence electrons. The second-order valence-corrected chi connectivity index (χ2v) is 8.26. The number of halogens is 1. The van der Waals surface area contributed by atoms with Gasteiger partial charge in [-0.1, -0.05) is 29.8 Å². The van der Waals surface area contributed by atoms with Crippen LogP contribution in [-0.2, 0) is 16.6 Å². The highest BCUT2D eigenvalue weighted by molar-refractivity contribution is 7.89. The summed E-state index contributed by atoms with van der Waals surface area (Å²) in [6.45, 7) is 0.131. The molecule has 0 amide bonds. The topological polar surface area (TPSA) is 72.3 Å². The summed E-state index contributed by atoms with van der Waals surface area (Å²) < 4.78 is 26.9. The number of benzene rings is 1. The number of sulfonamides is 1. The van der Waals surface area contributed by atoms with Gasteiger partial charge in [0, 0.05) is 37.3 Å². The van der Waals surface area contributed by atoms with Crippen LogP contribution in [0, 0.1) is 0 Å². The molecular weight excluding hydrogens is 362 g/mol. The molecule has 0 unspecified atom stereocenters. The van der Waals surface area contributed by atoms with Crippen molar-refractivity contribution in [3.05, 3.63) is 69.7 Å². The van der Waals surface area contributed by atoms with Gasteiger partial charge in [0.1, 0.15) is 5.15 Å². The molecule has 0 aliphatic heterocycles. The van der Waals surface area contributed by atoms with Crippen molar-refractivity contribution in [1.82, 2.24) is 13.9 Å². The van der Waals surface area contributed by atoms with Crippen LogP contribution in [0.5, 0.6) is 0 Å². The van der Waals surface area contributed by atoms with E-state index in [2.05, 4.69) is 4.98 Å². The van der Waals surface area contributed by atoms with Gasteiger partial charge in [-0.15, -0.1) is 0 Å². The third kappa shape index (κ3) is 3.44. The lowest BCUT2D eigenvalue weighted by molar-refractivity contribution is 0.519. The Bertz CT molecular complexity index is 1110. The van der Waals surface area contributed by atoms with E-state index in [1.165, 1.54) is 37.0 Å². The molecule has 6 nitrogen and oxygen atoms in total. The van der Waals surface area contributed by atoms with Gasteiger partial charge in [0.2, 0.25) is 10.0 Å². The van der Waals surface area contributed by atoms with Gasteiger partial charge < -0.3 is 4.57 Å². The second-order valence-electron chi connectivity index (χ2n) is 5.75. The maximum absolute atomic E-state index is 12.3. The first-order valence-electron chi connectivity index (χ1n) is 7.46. The lowest BCUT2D eigenvalue weighted by atomic mass is 10.1. The van der Waals surface area contributed by atoms with Gasteiger partial charge in [-0.25, -0.2) is 17.7 Å². The summed E-state index contributed by atoms with van der Waals surface area (Å²) in [5, 5.41) is 1.18. The normalized spacial score (nSPS) is 12.0. The SMILES string of the molecule is CN(C)S(=O)(=O)c1ccc(=O)n(Cc2cc3ccccc3nc2Cl)c1. The average Bonchev–Trinajstić information content (AvgIpc) is 2.57. The minimum absolute atomic E-state index is 0.0435. The molecule has 3 aromatic rings. The molecule has 25 heavy (non-hydrogen) atoms. The number of hydrogen-bond acceptors (Lipinski definition) is 4. The maximum atomic E-state index is 12.3. The van der Waals surface area contributed by atoms with Crippen LogP contribution < -0.4 is 5.56 Å². The molecule has 8 heteroatoms. The van der Waals surface area contributed by atoms with Crippen molar-refractivity contribution < 1.29 is 8.42 Å². The molecule has 0 radical (unpaired) electrons. The zero-order valence-corrected chi connectivity index (χ0v) is 15.3. The molecule has 0 N–H and O–H groups in total. The van der Waals surface area contributed by atoms with E-state index >= 15 is 0 Å². The Morgan fingerprint density at radius 3 is 2.60 bits per heavy atom. The van der Waals surface area contributed by atoms with E-state index in [0.29, 0.717) is 5.56 Å². The second kappa shape index (κ2) is 6.59. The predicted molar refractivity (Wildman–Crippen MR) is 97.4 cm³/mol. The largest absolute Gasteiger partial charge is 0.310 e. The van der Waals surface area contributed by atoms with Crippen LogP contribution in [-0.4, -0.2) is 36.4 Å². The van der Waals surface area contributed by atoms with Crippen LogP contribution in [0.4, 0.5) is 0 Å². The highest BCUT2D eigenvalue weighted by Gasteiger charge is 2.18. The molecule has 0 aliphatic rings. The quantitative estimate of drug-likeness (QED) is 0.654. The van der Waals surface area contributed by atoms with Crippen molar-refractivity contribution in [1.29, 1.82) is 0 Å². The molecule has 0 spiro atoms. The molecule has 0 aliphatic carbocycles. The first-order chi connectivity index (χ1) is 11.8. The average molecular weight is 378 g/mol. The third-order valence-electron chi connectivity index (χ3n) is 3.83. The predicted octanol–water partition coefficient (Wildman–Crippen LogP) is 2.35. The Morgan fingerprint density at radius 1 is 1.16 bits per heavy atom. The molecule has 3 rings (SSSR count). The number of fused-ring (bicyclic) bond motifs is 1. The Labute approximate surface area is 150 Å². The Hall–Kier alpha value is -2.22. The van der Waals surface area contributed by atoms with Crippen LogP contribution >= 0.6 is 11.6 Å². The third-order valence-corrected chi connectivity index (χ3v) is 5.95. The van der Waals surface area contributed by atoms with Gasteiger partial charge >= 0.3 is 0 Å². The van der Waals surface area contributed by atoms with Crippen LogP contribution in [0.2, 0.25) is 5.15 Å². The monoisotopic (exact) mass is 377 g/mol. The van der Waals surface area contributed by atoms with E-state index in [-0.39, 0.29) is 22.2 Å². The van der Waals surface area contributed by atoms with Gasteiger partial charge in [0.25, 0.3) is 5.56 Å². The van der Waals surface area contributed by atoms with Crippen molar-refractivity contribution in [3.8, 4) is 0 Å². The van der Waals surface area contributed by atoms with Crippen molar-refractivity contribution in [3.63, 3.8) is 0 Å². The molecule has 0 atom stereocenters. The standard InChI is InChI=1S/C17H16ClN3O3S/c1-20(2)25(23,24)14-7-8-16(22)21(11-14)10-13-9-12-5-3-4-6-15(12)19-17(13)18/h3-9,11H,10H2,1-2H3. The highest BCUT2D eigenvalue weighted by atomic mass is 35.5. The van der Waals surface area contributed by atoms with Crippen molar-refractivity contribution in [2.75, 3.05) is 14.1 Å². The van der Waals surface area contributed by atoms with E-state index in [1.807, 2.05) is 30.3 Å². The first kappa shape index (κ1) is 17.6. The van der Waals surface area contributed by atoms with Gasteiger partial charge in [0.05, 0.1) is 17.0 Å². The van der Waals surface area contributed by atoms with Gasteiger partial charge in [0.15, 0.2) is 0 Å². The molecule has 1 aromatic carbocycles. The number of para-hydroxylation sites is 1. The highest BCUT2D eigenvalue weighted by Crippen LogP contribution is 2.21. The van der Waals surface area contributed by atoms with Gasteiger partial charge in [-0.05, 0) is 18.2 Å². The van der Waals surface area contributed by atoms with E-state index in [1.54, 1.807) is 0 Å². The first-order valence-corrected chi connectivity index (χ1v) is 9.28. The summed E-state index contributed by atoms with van der Waals surface area (Å²) in [5.41, 5.74) is 1.08. The minimum atomic E-state index is -3.63. The van der Waals surface area contributed by atoms with Crippen LogP contribution in [0.25, 0.3) is 10.9 Å². The summed E-state index contributed by atoms with van der Waals surface area (Å²) >= 11 is 6.23. The van der Waals surface area contributed by atoms with E-state index in [4.69, 9.17) is 11.6 Å². The summed E-state index contributed by atoms with van der Waals surface area (Å²) in [7, 11) is -0.749. The summed E-state index contributed by atoms with van der Waals surface area (Å²) in [6, 6.07) is 11.9. The maximum Gasteiger partial charge on any atom is 0.250 e. The van der Waals surface area contributed by atoms with E-state index < -0.39 is 10.0 Å². The fourth-order valence-electron chi connectivity index (χ4n) is 2.43. The smallest absolute Gasteiger partial charge is 0.250 e. The van der Waals surface area contributed by atoms with Crippen LogP contribution in [0.15, 0.2) is 58.4 Å². The van der Waals surface area contributed by atoms with Crippen LogP contribution in [0.3, 0.4) is 0 Å². The molecule has 0 fully saturated rings. The zero-order chi connectivity index (χ0) is 18.2. The Morgan fingerprint density at radius 2 is 1.88 bits per heavy atom. The lowest BCUT2D eigenvalue weighted by Gasteiger charge is -2.14. The van der Waals surface area contributed by atoms with Crippen LogP contribution in [0.1, 0.15) is 5.56 Å². The molecule has 0 saturated heterocycles.